The van der Waals surface area contributed by atoms with Crippen molar-refractivity contribution in [1.29, 1.82) is 0 Å². The molecule has 8 heteroatoms. The molecule has 2 aromatic heterocycles. The SMILES string of the molecule is COCC1CCN(C(=O)c2cc3c(cc2C)[nH]c(=O)c2cnn(C4CCOCC4)c23)C1. The lowest BCUT2D eigenvalue weighted by molar-refractivity contribution is 0.0675. The Balaban J connectivity index is 1.61. The molecule has 0 spiro atoms. The third kappa shape index (κ3) is 3.53. The van der Waals surface area contributed by atoms with Gasteiger partial charge in [-0.15, -0.1) is 0 Å². The van der Waals surface area contributed by atoms with Gasteiger partial charge in [0.15, 0.2) is 0 Å². The van der Waals surface area contributed by atoms with Crippen LogP contribution < -0.4 is 5.56 Å². The average Bonchev–Trinajstić information content (AvgIpc) is 3.42. The van der Waals surface area contributed by atoms with Crippen molar-refractivity contribution >= 4 is 27.7 Å². The second kappa shape index (κ2) is 8.09. The summed E-state index contributed by atoms with van der Waals surface area (Å²) >= 11 is 0. The van der Waals surface area contributed by atoms with E-state index < -0.39 is 0 Å². The van der Waals surface area contributed by atoms with Crippen molar-refractivity contribution in [2.75, 3.05) is 40.0 Å². The predicted molar refractivity (Wildman–Crippen MR) is 118 cm³/mol. The number of amides is 1. The van der Waals surface area contributed by atoms with Crippen LogP contribution in [-0.2, 0) is 9.47 Å². The number of benzene rings is 1. The first-order chi connectivity index (χ1) is 15.1. The normalized spacial score (nSPS) is 20.2. The fourth-order valence-corrected chi connectivity index (χ4v) is 4.99. The van der Waals surface area contributed by atoms with Crippen molar-refractivity contribution < 1.29 is 14.3 Å². The molecular weight excluding hydrogens is 396 g/mol. The fraction of sp³-hybridized carbons (Fsp3) is 0.522. The van der Waals surface area contributed by atoms with E-state index in [1.165, 1.54) is 0 Å². The maximum atomic E-state index is 13.4. The van der Waals surface area contributed by atoms with E-state index in [0.717, 1.165) is 47.8 Å². The van der Waals surface area contributed by atoms with Crippen LogP contribution in [0.3, 0.4) is 0 Å². The summed E-state index contributed by atoms with van der Waals surface area (Å²) in [6, 6.07) is 4.03. The first-order valence-electron chi connectivity index (χ1n) is 11.0. The number of nitrogens with one attached hydrogen (secondary N) is 1. The van der Waals surface area contributed by atoms with Gasteiger partial charge in [0.05, 0.1) is 35.3 Å². The van der Waals surface area contributed by atoms with Crippen LogP contribution in [0.2, 0.25) is 0 Å². The van der Waals surface area contributed by atoms with Crippen LogP contribution in [0.25, 0.3) is 21.8 Å². The number of hydrogen-bond donors (Lipinski definition) is 1. The Labute approximate surface area is 180 Å². The minimum absolute atomic E-state index is 0.0366. The summed E-state index contributed by atoms with van der Waals surface area (Å²) in [5, 5.41) is 5.99. The smallest absolute Gasteiger partial charge is 0.259 e. The van der Waals surface area contributed by atoms with E-state index >= 15 is 0 Å². The van der Waals surface area contributed by atoms with E-state index in [2.05, 4.69) is 10.1 Å². The molecule has 0 aliphatic carbocycles. The maximum absolute atomic E-state index is 13.4. The highest BCUT2D eigenvalue weighted by Gasteiger charge is 2.28. The van der Waals surface area contributed by atoms with Crippen molar-refractivity contribution in [3.05, 3.63) is 39.8 Å². The van der Waals surface area contributed by atoms with Gasteiger partial charge in [-0.25, -0.2) is 0 Å². The minimum Gasteiger partial charge on any atom is -0.384 e. The minimum atomic E-state index is -0.152. The standard InChI is InChI=1S/C23H28N4O4/c1-14-9-20-18(10-17(14)23(29)26-6-3-15(12-26)13-30-2)21-19(22(28)25-20)11-24-27(21)16-4-7-31-8-5-16/h9-11,15-16H,3-8,12-13H2,1-2H3,(H,25,28). The summed E-state index contributed by atoms with van der Waals surface area (Å²) in [5.41, 5.74) is 2.93. The zero-order chi connectivity index (χ0) is 21.5. The largest absolute Gasteiger partial charge is 0.384 e. The maximum Gasteiger partial charge on any atom is 0.259 e. The molecule has 2 aliphatic rings. The third-order valence-corrected chi connectivity index (χ3v) is 6.65. The Morgan fingerprint density at radius 2 is 2.06 bits per heavy atom. The van der Waals surface area contributed by atoms with Gasteiger partial charge in [0.2, 0.25) is 0 Å². The summed E-state index contributed by atoms with van der Waals surface area (Å²) in [4.78, 5) is 31.0. The van der Waals surface area contributed by atoms with Crippen LogP contribution >= 0.6 is 0 Å². The Hall–Kier alpha value is -2.71. The monoisotopic (exact) mass is 424 g/mol. The number of aromatic amines is 1. The Morgan fingerprint density at radius 1 is 1.26 bits per heavy atom. The van der Waals surface area contributed by atoms with Crippen molar-refractivity contribution in [3.8, 4) is 0 Å². The van der Waals surface area contributed by atoms with Crippen LogP contribution in [0.5, 0.6) is 0 Å². The number of nitrogens with zero attached hydrogens (tertiary/aromatic N) is 3. The van der Waals surface area contributed by atoms with Gasteiger partial charge in [-0.3, -0.25) is 14.3 Å². The second-order valence-electron chi connectivity index (χ2n) is 8.72. The van der Waals surface area contributed by atoms with Crippen LogP contribution in [0, 0.1) is 12.8 Å². The molecule has 1 unspecified atom stereocenters. The summed E-state index contributed by atoms with van der Waals surface area (Å²) in [6.07, 6.45) is 4.31. The zero-order valence-corrected chi connectivity index (χ0v) is 18.0. The number of likely N-dealkylation sites (tertiary alicyclic amines) is 1. The van der Waals surface area contributed by atoms with Crippen LogP contribution in [0.4, 0.5) is 0 Å². The second-order valence-corrected chi connectivity index (χ2v) is 8.72. The molecule has 1 aromatic carbocycles. The highest BCUT2D eigenvalue weighted by molar-refractivity contribution is 6.07. The lowest BCUT2D eigenvalue weighted by atomic mass is 10.0. The zero-order valence-electron chi connectivity index (χ0n) is 18.0. The van der Waals surface area contributed by atoms with Gasteiger partial charge < -0.3 is 19.4 Å². The van der Waals surface area contributed by atoms with Gasteiger partial charge in [0.25, 0.3) is 11.5 Å². The number of pyridine rings is 1. The summed E-state index contributed by atoms with van der Waals surface area (Å²) < 4.78 is 12.7. The molecule has 2 aliphatic heterocycles. The van der Waals surface area contributed by atoms with Gasteiger partial charge >= 0.3 is 0 Å². The molecule has 1 amide bonds. The molecule has 3 aromatic rings. The number of aromatic nitrogens is 3. The van der Waals surface area contributed by atoms with Crippen LogP contribution in [0.1, 0.15) is 41.2 Å². The molecule has 0 saturated carbocycles. The molecule has 1 N–H and O–H groups in total. The molecule has 1 atom stereocenters. The summed E-state index contributed by atoms with van der Waals surface area (Å²) in [7, 11) is 1.70. The molecule has 2 saturated heterocycles. The topological polar surface area (TPSA) is 89.5 Å². The number of carbonyl (C=O) groups is 1. The van der Waals surface area contributed by atoms with Crippen LogP contribution in [-0.4, -0.2) is 65.6 Å². The number of ether oxygens (including phenoxy) is 2. The molecule has 2 fully saturated rings. The highest BCUT2D eigenvalue weighted by atomic mass is 16.5. The van der Waals surface area contributed by atoms with Crippen molar-refractivity contribution in [2.45, 2.75) is 32.2 Å². The summed E-state index contributed by atoms with van der Waals surface area (Å²) in [5.74, 6) is 0.419. The first-order valence-corrected chi connectivity index (χ1v) is 11.0. The highest BCUT2D eigenvalue weighted by Crippen LogP contribution is 2.30. The first kappa shape index (κ1) is 20.2. The van der Waals surface area contributed by atoms with E-state index in [-0.39, 0.29) is 17.5 Å². The number of methoxy groups -OCH3 is 1. The van der Waals surface area contributed by atoms with Gasteiger partial charge in [-0.05, 0) is 43.9 Å². The lowest BCUT2D eigenvalue weighted by Crippen LogP contribution is -2.30. The molecule has 31 heavy (non-hydrogen) atoms. The van der Waals surface area contributed by atoms with Crippen molar-refractivity contribution in [1.82, 2.24) is 19.7 Å². The van der Waals surface area contributed by atoms with E-state index in [1.54, 1.807) is 13.3 Å². The van der Waals surface area contributed by atoms with Gasteiger partial charge in [-0.2, -0.15) is 5.10 Å². The quantitative estimate of drug-likeness (QED) is 0.696. The molecule has 4 heterocycles. The van der Waals surface area contributed by atoms with E-state index in [0.29, 0.717) is 43.2 Å². The molecule has 5 rings (SSSR count). The summed E-state index contributed by atoms with van der Waals surface area (Å²) in [6.45, 7) is 5.43. The molecule has 0 bridgehead atoms. The van der Waals surface area contributed by atoms with Gasteiger partial charge in [-0.1, -0.05) is 0 Å². The van der Waals surface area contributed by atoms with E-state index in [1.807, 2.05) is 28.6 Å². The van der Waals surface area contributed by atoms with E-state index in [9.17, 15) is 9.59 Å². The Bertz CT molecular complexity index is 1190. The fourth-order valence-electron chi connectivity index (χ4n) is 4.99. The Kier molecular flexibility index (Phi) is 5.27. The van der Waals surface area contributed by atoms with Gasteiger partial charge in [0, 0.05) is 50.3 Å². The number of hydrogen-bond acceptors (Lipinski definition) is 5. The van der Waals surface area contributed by atoms with Crippen molar-refractivity contribution in [3.63, 3.8) is 0 Å². The molecular formula is C23H28N4O4. The van der Waals surface area contributed by atoms with Crippen molar-refractivity contribution in [2.24, 2.45) is 5.92 Å². The number of fused-ring (bicyclic) bond motifs is 3. The third-order valence-electron chi connectivity index (χ3n) is 6.65. The van der Waals surface area contributed by atoms with Crippen LogP contribution in [0.15, 0.2) is 23.1 Å². The lowest BCUT2D eigenvalue weighted by Gasteiger charge is -2.23. The molecule has 8 nitrogen and oxygen atoms in total. The van der Waals surface area contributed by atoms with Gasteiger partial charge in [0.1, 0.15) is 0 Å². The Morgan fingerprint density at radius 3 is 2.84 bits per heavy atom. The number of H-pyrrole nitrogens is 1. The number of rotatable bonds is 4. The molecule has 0 radical (unpaired) electrons. The number of aryl methyl sites for hydroxylation is 1. The molecule has 164 valence electrons. The average molecular weight is 425 g/mol. The number of carbonyl (C=O) groups excluding carboxylic acids is 1. The van der Waals surface area contributed by atoms with E-state index in [4.69, 9.17) is 9.47 Å². The predicted octanol–water partition coefficient (Wildman–Crippen LogP) is 2.65.